The summed E-state index contributed by atoms with van der Waals surface area (Å²) in [5.74, 6) is 1.27. The largest absolute Gasteiger partial charge is 0.496 e. The van der Waals surface area contributed by atoms with E-state index in [1.165, 1.54) is 11.3 Å². The quantitative estimate of drug-likeness (QED) is 0.175. The first kappa shape index (κ1) is 24.0. The van der Waals surface area contributed by atoms with Crippen molar-refractivity contribution in [2.24, 2.45) is 5.10 Å². The predicted octanol–water partition coefficient (Wildman–Crippen LogP) is 5.01. The Balaban J connectivity index is 1.63. The Morgan fingerprint density at radius 2 is 2.06 bits per heavy atom. The molecule has 3 rings (SSSR count). The van der Waals surface area contributed by atoms with Gasteiger partial charge in [0.15, 0.2) is 0 Å². The maximum absolute atomic E-state index is 11.6. The zero-order valence-electron chi connectivity index (χ0n) is 18.7. The van der Waals surface area contributed by atoms with E-state index in [1.54, 1.807) is 20.2 Å². The van der Waals surface area contributed by atoms with Crippen molar-refractivity contribution in [3.8, 4) is 11.5 Å². The highest BCUT2D eigenvalue weighted by Gasteiger charge is 2.09. The third-order valence-electron chi connectivity index (χ3n) is 4.58. The molecule has 0 fully saturated rings. The van der Waals surface area contributed by atoms with Crippen molar-refractivity contribution in [3.05, 3.63) is 82.9 Å². The van der Waals surface area contributed by atoms with E-state index in [2.05, 4.69) is 22.1 Å². The first-order valence-corrected chi connectivity index (χ1v) is 11.4. The van der Waals surface area contributed by atoms with E-state index in [1.807, 2.05) is 53.9 Å². The van der Waals surface area contributed by atoms with Crippen molar-refractivity contribution < 1.29 is 19.0 Å². The minimum atomic E-state index is -0.294. The fraction of sp³-hybridized carbons (Fsp3) is 0.240. The Bertz CT molecular complexity index is 1110. The Hall–Kier alpha value is -3.65. The molecule has 1 N–H and O–H groups in total. The van der Waals surface area contributed by atoms with Crippen molar-refractivity contribution in [1.29, 1.82) is 0 Å². The molecule has 172 valence electrons. The molecule has 0 aliphatic carbocycles. The molecule has 0 amide bonds. The van der Waals surface area contributed by atoms with Gasteiger partial charge in [0.05, 0.1) is 32.0 Å². The van der Waals surface area contributed by atoms with Crippen molar-refractivity contribution in [2.75, 3.05) is 19.1 Å². The monoisotopic (exact) mass is 465 g/mol. The number of rotatable bonds is 12. The van der Waals surface area contributed by atoms with E-state index in [9.17, 15) is 4.79 Å². The van der Waals surface area contributed by atoms with Gasteiger partial charge in [-0.15, -0.1) is 17.9 Å². The van der Waals surface area contributed by atoms with Gasteiger partial charge in [-0.25, -0.2) is 4.98 Å². The molecule has 0 saturated carbocycles. The SMILES string of the molecule is C=CCc1ccccc1OCc1cc(C=NNc2nc(CC(=O)OCC)cs2)ccc1OC. The Morgan fingerprint density at radius 1 is 1.21 bits per heavy atom. The zero-order valence-corrected chi connectivity index (χ0v) is 19.6. The van der Waals surface area contributed by atoms with Gasteiger partial charge in [-0.05, 0) is 48.7 Å². The number of hydrogen-bond donors (Lipinski definition) is 1. The number of anilines is 1. The third-order valence-corrected chi connectivity index (χ3v) is 5.38. The number of esters is 1. The molecule has 0 saturated heterocycles. The molecule has 1 aromatic heterocycles. The second kappa shape index (κ2) is 12.4. The number of aromatic nitrogens is 1. The number of nitrogens with one attached hydrogen (secondary N) is 1. The molecule has 3 aromatic rings. The average Bonchev–Trinajstić information content (AvgIpc) is 3.26. The van der Waals surface area contributed by atoms with Crippen LogP contribution in [0.5, 0.6) is 11.5 Å². The molecule has 0 unspecified atom stereocenters. The van der Waals surface area contributed by atoms with Crippen molar-refractivity contribution >= 4 is 28.7 Å². The summed E-state index contributed by atoms with van der Waals surface area (Å²) < 4.78 is 16.5. The molecule has 7 nitrogen and oxygen atoms in total. The smallest absolute Gasteiger partial charge is 0.311 e. The Labute approximate surface area is 197 Å². The van der Waals surface area contributed by atoms with Crippen LogP contribution in [0.4, 0.5) is 5.13 Å². The predicted molar refractivity (Wildman–Crippen MR) is 131 cm³/mol. The second-order valence-electron chi connectivity index (χ2n) is 6.96. The van der Waals surface area contributed by atoms with Crippen molar-refractivity contribution in [1.82, 2.24) is 4.98 Å². The molecule has 0 radical (unpaired) electrons. The number of allylic oxidation sites excluding steroid dienone is 1. The number of benzene rings is 2. The van der Waals surface area contributed by atoms with E-state index in [0.29, 0.717) is 24.0 Å². The van der Waals surface area contributed by atoms with E-state index >= 15 is 0 Å². The molecular weight excluding hydrogens is 438 g/mol. The van der Waals surface area contributed by atoms with Gasteiger partial charge in [0.25, 0.3) is 0 Å². The number of para-hydroxylation sites is 1. The highest BCUT2D eigenvalue weighted by Crippen LogP contribution is 2.24. The first-order chi connectivity index (χ1) is 16.1. The van der Waals surface area contributed by atoms with E-state index in [-0.39, 0.29) is 12.4 Å². The lowest BCUT2D eigenvalue weighted by molar-refractivity contribution is -0.142. The number of methoxy groups -OCH3 is 1. The zero-order chi connectivity index (χ0) is 23.5. The summed E-state index contributed by atoms with van der Waals surface area (Å²) in [4.78, 5) is 15.9. The Morgan fingerprint density at radius 3 is 2.85 bits per heavy atom. The summed E-state index contributed by atoms with van der Waals surface area (Å²) in [6.45, 7) is 6.30. The van der Waals surface area contributed by atoms with Crippen LogP contribution in [0.25, 0.3) is 0 Å². The number of hydrogen-bond acceptors (Lipinski definition) is 8. The van der Waals surface area contributed by atoms with Crippen LogP contribution in [0.3, 0.4) is 0 Å². The lowest BCUT2D eigenvalue weighted by Gasteiger charge is -2.13. The van der Waals surface area contributed by atoms with Gasteiger partial charge in [-0.1, -0.05) is 24.3 Å². The topological polar surface area (TPSA) is 82.0 Å². The summed E-state index contributed by atoms with van der Waals surface area (Å²) in [7, 11) is 1.64. The molecule has 33 heavy (non-hydrogen) atoms. The Kier molecular flexibility index (Phi) is 9.02. The highest BCUT2D eigenvalue weighted by molar-refractivity contribution is 7.13. The number of ether oxygens (including phenoxy) is 3. The van der Waals surface area contributed by atoms with Crippen LogP contribution >= 0.6 is 11.3 Å². The lowest BCUT2D eigenvalue weighted by Crippen LogP contribution is -2.07. The molecule has 0 spiro atoms. The minimum absolute atomic E-state index is 0.146. The van der Waals surface area contributed by atoms with Gasteiger partial charge < -0.3 is 14.2 Å². The molecular formula is C25H27N3O4S. The summed E-state index contributed by atoms with van der Waals surface area (Å²) >= 11 is 1.37. The summed E-state index contributed by atoms with van der Waals surface area (Å²) in [6, 6.07) is 13.7. The highest BCUT2D eigenvalue weighted by atomic mass is 32.1. The van der Waals surface area contributed by atoms with Gasteiger partial charge in [-0.3, -0.25) is 10.2 Å². The van der Waals surface area contributed by atoms with Gasteiger partial charge in [-0.2, -0.15) is 5.10 Å². The van der Waals surface area contributed by atoms with Crippen molar-refractivity contribution in [3.63, 3.8) is 0 Å². The molecule has 8 heteroatoms. The van der Waals surface area contributed by atoms with E-state index in [4.69, 9.17) is 14.2 Å². The fourth-order valence-electron chi connectivity index (χ4n) is 3.08. The van der Waals surface area contributed by atoms with E-state index < -0.39 is 0 Å². The van der Waals surface area contributed by atoms with Gasteiger partial charge in [0.2, 0.25) is 5.13 Å². The van der Waals surface area contributed by atoms with Crippen molar-refractivity contribution in [2.45, 2.75) is 26.4 Å². The second-order valence-corrected chi connectivity index (χ2v) is 7.81. The minimum Gasteiger partial charge on any atom is -0.496 e. The standard InChI is InChI=1S/C25H27N3O4S/c1-4-8-19-9-6-7-10-23(19)32-16-20-13-18(11-12-22(20)30-3)15-26-28-25-27-21(17-33-25)14-24(29)31-5-2/h4,6-7,9-13,15,17H,1,5,8,14,16H2,2-3H3,(H,27,28). The maximum atomic E-state index is 11.6. The normalized spacial score (nSPS) is 10.7. The van der Waals surface area contributed by atoms with Crippen LogP contribution in [-0.2, 0) is 29.0 Å². The summed E-state index contributed by atoms with van der Waals surface area (Å²) in [5, 5.41) is 6.66. The van der Waals surface area contributed by atoms with Gasteiger partial charge >= 0.3 is 5.97 Å². The molecule has 0 atom stereocenters. The summed E-state index contributed by atoms with van der Waals surface area (Å²) in [5.41, 5.74) is 6.41. The van der Waals surface area contributed by atoms with Crippen LogP contribution in [0.1, 0.15) is 29.3 Å². The maximum Gasteiger partial charge on any atom is 0.311 e. The van der Waals surface area contributed by atoms with Crippen LogP contribution in [0, 0.1) is 0 Å². The van der Waals surface area contributed by atoms with Crippen LogP contribution in [-0.4, -0.2) is 30.9 Å². The number of carbonyl (C=O) groups excluding carboxylic acids is 1. The number of carbonyl (C=O) groups is 1. The average molecular weight is 466 g/mol. The van der Waals surface area contributed by atoms with E-state index in [0.717, 1.165) is 34.6 Å². The molecule has 0 bridgehead atoms. The fourth-order valence-corrected chi connectivity index (χ4v) is 3.74. The summed E-state index contributed by atoms with van der Waals surface area (Å²) in [6.07, 6.45) is 4.44. The first-order valence-electron chi connectivity index (χ1n) is 10.5. The molecule has 0 aliphatic heterocycles. The van der Waals surface area contributed by atoms with Gasteiger partial charge in [0, 0.05) is 10.9 Å². The number of nitrogens with zero attached hydrogens (tertiary/aromatic N) is 2. The van der Waals surface area contributed by atoms with Gasteiger partial charge in [0.1, 0.15) is 18.1 Å². The lowest BCUT2D eigenvalue weighted by atomic mass is 10.1. The van der Waals surface area contributed by atoms with Crippen LogP contribution in [0.15, 0.2) is 65.6 Å². The van der Waals surface area contributed by atoms with Crippen LogP contribution < -0.4 is 14.9 Å². The molecule has 0 aliphatic rings. The van der Waals surface area contributed by atoms with Crippen LogP contribution in [0.2, 0.25) is 0 Å². The number of thiazole rings is 1. The molecule has 2 aromatic carbocycles. The number of hydrazone groups is 1. The molecule has 1 heterocycles. The third kappa shape index (κ3) is 7.18.